The maximum atomic E-state index is 12.3. The van der Waals surface area contributed by atoms with E-state index < -0.39 is 43.3 Å². The summed E-state index contributed by atoms with van der Waals surface area (Å²) in [5, 5.41) is 9.11. The number of hydrogen-bond acceptors (Lipinski definition) is 3. The molecular formula is C11H18N2O2. The van der Waals surface area contributed by atoms with Crippen molar-refractivity contribution in [2.75, 3.05) is 13.0 Å². The Morgan fingerprint density at radius 1 is 1.60 bits per heavy atom. The van der Waals surface area contributed by atoms with E-state index in [4.69, 9.17) is 22.3 Å². The Morgan fingerprint density at radius 2 is 2.13 bits per heavy atom. The Bertz CT molecular complexity index is 563. The molecule has 0 spiro atoms. The lowest BCUT2D eigenvalue weighted by molar-refractivity contribution is 0.0199. The number of carbonyl (C=O) groups is 1. The van der Waals surface area contributed by atoms with Crippen LogP contribution in [0.4, 0.5) is 4.79 Å². The van der Waals surface area contributed by atoms with Crippen LogP contribution in [-0.4, -0.2) is 29.6 Å². The second-order valence-electron chi connectivity index (χ2n) is 3.78. The predicted octanol–water partition coefficient (Wildman–Crippen LogP) is 2.16. The van der Waals surface area contributed by atoms with E-state index in [1.165, 1.54) is 20.8 Å². The summed E-state index contributed by atoms with van der Waals surface area (Å²) in [5.74, 6) is -3.45. The number of rotatable bonds is 0. The first kappa shape index (κ1) is 4.32. The lowest BCUT2D eigenvalue weighted by Crippen LogP contribution is -2.41. The number of nitrogens with zero attached hydrogens (tertiary/aromatic N) is 2. The van der Waals surface area contributed by atoms with Crippen molar-refractivity contribution in [2.45, 2.75) is 39.1 Å². The van der Waals surface area contributed by atoms with Crippen molar-refractivity contribution >= 4 is 6.09 Å². The summed E-state index contributed by atoms with van der Waals surface area (Å²) < 4.78 is 75.3. The van der Waals surface area contributed by atoms with E-state index in [-0.39, 0.29) is 4.90 Å². The molecule has 0 aromatic carbocycles. The van der Waals surface area contributed by atoms with E-state index >= 15 is 0 Å². The molecule has 0 N–H and O–H groups in total. The van der Waals surface area contributed by atoms with Crippen LogP contribution in [0.5, 0.6) is 0 Å². The van der Waals surface area contributed by atoms with E-state index in [2.05, 4.69) is 0 Å². The molecule has 4 nitrogen and oxygen atoms in total. The molecule has 1 saturated heterocycles. The number of piperidine rings is 1. The average molecular weight is 219 g/mol. The topological polar surface area (TPSA) is 53.3 Å². The van der Waals surface area contributed by atoms with Gasteiger partial charge in [0.2, 0.25) is 0 Å². The van der Waals surface area contributed by atoms with Gasteiger partial charge in [-0.05, 0) is 33.5 Å². The molecule has 0 bridgehead atoms. The normalized spacial score (nSPS) is 42.8. The summed E-state index contributed by atoms with van der Waals surface area (Å²) in [4.78, 5) is 11.9. The van der Waals surface area contributed by atoms with Crippen LogP contribution in [0, 0.1) is 17.2 Å². The molecule has 4 heteroatoms. The van der Waals surface area contributed by atoms with E-state index in [9.17, 15) is 4.79 Å². The number of carbonyl (C=O) groups excluding carboxylic acids is 1. The zero-order chi connectivity index (χ0) is 19.6. The van der Waals surface area contributed by atoms with Crippen LogP contribution in [0.2, 0.25) is 0 Å². The molecule has 0 aromatic rings. The zero-order valence-electron chi connectivity index (χ0n) is 17.7. The SMILES string of the molecule is [2H]C1([2H])N(C(=O)OC(C)(C)C)C([2H])([2H])C([2H])([2H])C([2H])(C#N)C1([2H])[2H]. The Balaban J connectivity index is 3.69. The molecule has 1 heterocycles. The Kier molecular flexibility index (Phi) is 1.30. The van der Waals surface area contributed by atoms with Crippen LogP contribution in [0.25, 0.3) is 0 Å². The van der Waals surface area contributed by atoms with E-state index in [0.29, 0.717) is 0 Å². The van der Waals surface area contributed by atoms with Crippen LogP contribution in [0.3, 0.4) is 0 Å². The third-order valence-corrected chi connectivity index (χ3v) is 1.27. The molecule has 84 valence electrons. The summed E-state index contributed by atoms with van der Waals surface area (Å²) in [6.45, 7) is -2.82. The fraction of sp³-hybridized carbons (Fsp3) is 0.818. The molecule has 1 rings (SSSR count). The Labute approximate surface area is 103 Å². The highest BCUT2D eigenvalue weighted by Gasteiger charge is 2.26. The molecular weight excluding hydrogens is 192 g/mol. The van der Waals surface area contributed by atoms with Gasteiger partial charge in [0, 0.05) is 31.2 Å². The van der Waals surface area contributed by atoms with E-state index in [1.807, 2.05) is 0 Å². The Morgan fingerprint density at radius 3 is 2.53 bits per heavy atom. The number of nitriles is 1. The van der Waals surface area contributed by atoms with Crippen molar-refractivity contribution < 1.29 is 21.9 Å². The van der Waals surface area contributed by atoms with Gasteiger partial charge in [-0.3, -0.25) is 0 Å². The molecule has 0 saturated carbocycles. The summed E-state index contributed by atoms with van der Waals surface area (Å²) >= 11 is 0. The number of amides is 1. The molecule has 0 atom stereocenters. The Hall–Kier alpha value is -1.24. The van der Waals surface area contributed by atoms with Crippen molar-refractivity contribution in [1.82, 2.24) is 4.90 Å². The lowest BCUT2D eigenvalue weighted by atomic mass is 9.99. The maximum Gasteiger partial charge on any atom is 0.410 e. The quantitative estimate of drug-likeness (QED) is 0.627. The highest BCUT2D eigenvalue weighted by atomic mass is 16.6. The van der Waals surface area contributed by atoms with E-state index in [1.54, 1.807) is 0 Å². The third-order valence-electron chi connectivity index (χ3n) is 1.27. The molecule has 0 aliphatic carbocycles. The van der Waals surface area contributed by atoms with Gasteiger partial charge in [-0.2, -0.15) is 5.26 Å². The van der Waals surface area contributed by atoms with Crippen molar-refractivity contribution in [3.63, 3.8) is 0 Å². The first-order chi connectivity index (χ1) is 10.3. The molecule has 15 heavy (non-hydrogen) atoms. The fourth-order valence-corrected chi connectivity index (χ4v) is 0.738. The smallest absolute Gasteiger partial charge is 0.410 e. The van der Waals surface area contributed by atoms with Crippen LogP contribution < -0.4 is 0 Å². The van der Waals surface area contributed by atoms with Crippen LogP contribution in [0.15, 0.2) is 0 Å². The minimum absolute atomic E-state index is 0.338. The third kappa shape index (κ3) is 3.78. The molecule has 1 fully saturated rings. The monoisotopic (exact) mass is 219 g/mol. The van der Waals surface area contributed by atoms with Gasteiger partial charge in [0.05, 0.1) is 6.07 Å². The van der Waals surface area contributed by atoms with Crippen molar-refractivity contribution in [3.8, 4) is 6.07 Å². The number of ether oxygens (including phenoxy) is 1. The van der Waals surface area contributed by atoms with Gasteiger partial charge >= 0.3 is 6.09 Å². The summed E-state index contributed by atoms with van der Waals surface area (Å²) in [5.41, 5.74) is -1.19. The van der Waals surface area contributed by atoms with Gasteiger partial charge < -0.3 is 9.64 Å². The molecule has 1 amide bonds. The summed E-state index contributed by atoms with van der Waals surface area (Å²) in [6.07, 6.45) is -8.74. The molecule has 0 unspecified atom stereocenters. The zero-order valence-corrected chi connectivity index (χ0v) is 8.71. The maximum absolute atomic E-state index is 12.3. The largest absolute Gasteiger partial charge is 0.444 e. The lowest BCUT2D eigenvalue weighted by Gasteiger charge is -2.31. The molecule has 1 aliphatic heterocycles. The van der Waals surface area contributed by atoms with Crippen molar-refractivity contribution in [2.24, 2.45) is 5.89 Å². The highest BCUT2D eigenvalue weighted by molar-refractivity contribution is 5.68. The number of likely N-dealkylation sites (tertiary alicyclic amines) is 1. The van der Waals surface area contributed by atoms with Crippen molar-refractivity contribution in [3.05, 3.63) is 0 Å². The minimum atomic E-state index is -3.55. The summed E-state index contributed by atoms with van der Waals surface area (Å²) in [7, 11) is 0. The van der Waals surface area contributed by atoms with Crippen molar-refractivity contribution in [1.29, 1.82) is 5.26 Å². The predicted molar refractivity (Wildman–Crippen MR) is 56.1 cm³/mol. The molecule has 0 aromatic heterocycles. The average Bonchev–Trinajstić information content (AvgIpc) is 2.32. The van der Waals surface area contributed by atoms with Crippen LogP contribution in [0.1, 0.15) is 45.9 Å². The first-order valence-corrected chi connectivity index (χ1v) is 4.26. The first-order valence-electron chi connectivity index (χ1n) is 8.76. The van der Waals surface area contributed by atoms with Gasteiger partial charge in [-0.15, -0.1) is 0 Å². The summed E-state index contributed by atoms with van der Waals surface area (Å²) in [6, 6.07) is 1.04. The van der Waals surface area contributed by atoms with Gasteiger partial charge in [-0.1, -0.05) is 0 Å². The van der Waals surface area contributed by atoms with Crippen LogP contribution in [-0.2, 0) is 4.74 Å². The van der Waals surface area contributed by atoms with Gasteiger partial charge in [-0.25, -0.2) is 4.79 Å². The van der Waals surface area contributed by atoms with E-state index in [0.717, 1.165) is 6.07 Å². The molecule has 1 aliphatic rings. The second-order valence-corrected chi connectivity index (χ2v) is 3.78. The number of hydrogen-bond donors (Lipinski definition) is 0. The van der Waals surface area contributed by atoms with Gasteiger partial charge in [0.1, 0.15) is 5.60 Å². The van der Waals surface area contributed by atoms with Gasteiger partial charge in [0.15, 0.2) is 0 Å². The highest BCUT2D eigenvalue weighted by Crippen LogP contribution is 2.18. The minimum Gasteiger partial charge on any atom is -0.444 e. The van der Waals surface area contributed by atoms with Crippen LogP contribution >= 0.6 is 0 Å². The second kappa shape index (κ2) is 4.52. The fourth-order valence-electron chi connectivity index (χ4n) is 0.738. The molecule has 0 radical (unpaired) electrons. The standard InChI is InChI=1S/C11H18N2O2/c1-11(2,3)15-10(14)13-6-4-9(8-12)5-7-13/h9H,4-7H2,1-3H3/i4D2,5D2,6D2,7D2,9D. The van der Waals surface area contributed by atoms with Gasteiger partial charge in [0.25, 0.3) is 0 Å².